The van der Waals surface area contributed by atoms with Gasteiger partial charge in [-0.15, -0.1) is 0 Å². The van der Waals surface area contributed by atoms with Gasteiger partial charge in [-0.05, 0) is 43.9 Å². The van der Waals surface area contributed by atoms with Gasteiger partial charge in [0, 0.05) is 12.8 Å². The standard InChI is InChI=1S/C13H20O/c1-9(2)5-13(14)8-12-7-10-3-4-11(12)6-10/h10-12H,1,3-8H2,2H3. The van der Waals surface area contributed by atoms with E-state index in [0.717, 1.165) is 29.7 Å². The van der Waals surface area contributed by atoms with E-state index in [0.29, 0.717) is 12.2 Å². The molecule has 14 heavy (non-hydrogen) atoms. The van der Waals surface area contributed by atoms with Crippen molar-refractivity contribution < 1.29 is 4.79 Å². The summed E-state index contributed by atoms with van der Waals surface area (Å²) in [7, 11) is 0. The molecule has 3 unspecified atom stereocenters. The van der Waals surface area contributed by atoms with Gasteiger partial charge >= 0.3 is 0 Å². The molecular weight excluding hydrogens is 172 g/mol. The summed E-state index contributed by atoms with van der Waals surface area (Å²) in [4.78, 5) is 11.6. The third kappa shape index (κ3) is 2.08. The molecule has 3 atom stereocenters. The minimum absolute atomic E-state index is 0.412. The van der Waals surface area contributed by atoms with Crippen LogP contribution in [0.4, 0.5) is 0 Å². The van der Waals surface area contributed by atoms with Crippen molar-refractivity contribution in [2.75, 3.05) is 0 Å². The predicted molar refractivity (Wildman–Crippen MR) is 58.0 cm³/mol. The summed E-state index contributed by atoms with van der Waals surface area (Å²) in [5, 5.41) is 0. The van der Waals surface area contributed by atoms with Gasteiger partial charge in [0.05, 0.1) is 0 Å². The van der Waals surface area contributed by atoms with E-state index in [2.05, 4.69) is 6.58 Å². The van der Waals surface area contributed by atoms with Crippen LogP contribution in [0.3, 0.4) is 0 Å². The van der Waals surface area contributed by atoms with Gasteiger partial charge in [-0.2, -0.15) is 0 Å². The number of fused-ring (bicyclic) bond motifs is 2. The Hall–Kier alpha value is -0.590. The van der Waals surface area contributed by atoms with Gasteiger partial charge in [0.1, 0.15) is 5.78 Å². The molecule has 0 aliphatic heterocycles. The SMILES string of the molecule is C=C(C)CC(=O)CC1CC2CCC1C2. The van der Waals surface area contributed by atoms with E-state index < -0.39 is 0 Å². The largest absolute Gasteiger partial charge is 0.299 e. The van der Waals surface area contributed by atoms with Crippen molar-refractivity contribution in [1.82, 2.24) is 0 Å². The molecule has 0 aromatic rings. The number of carbonyl (C=O) groups excluding carboxylic acids is 1. The number of hydrogen-bond donors (Lipinski definition) is 0. The number of ketones is 1. The average Bonchev–Trinajstić information content (AvgIpc) is 2.62. The van der Waals surface area contributed by atoms with E-state index in [1.54, 1.807) is 0 Å². The van der Waals surface area contributed by atoms with Gasteiger partial charge in [-0.3, -0.25) is 4.79 Å². The molecule has 0 aromatic carbocycles. The Balaban J connectivity index is 1.81. The van der Waals surface area contributed by atoms with E-state index in [1.807, 2.05) is 6.92 Å². The van der Waals surface area contributed by atoms with Gasteiger partial charge in [0.15, 0.2) is 0 Å². The van der Waals surface area contributed by atoms with Crippen LogP contribution >= 0.6 is 0 Å². The van der Waals surface area contributed by atoms with Gasteiger partial charge in [-0.1, -0.05) is 18.6 Å². The minimum atomic E-state index is 0.412. The Kier molecular flexibility index (Phi) is 2.76. The topological polar surface area (TPSA) is 17.1 Å². The molecule has 2 bridgehead atoms. The molecule has 0 spiro atoms. The highest BCUT2D eigenvalue weighted by atomic mass is 16.1. The average molecular weight is 192 g/mol. The number of rotatable bonds is 4. The lowest BCUT2D eigenvalue weighted by molar-refractivity contribution is -0.119. The third-order valence-corrected chi connectivity index (χ3v) is 3.87. The number of hydrogen-bond acceptors (Lipinski definition) is 1. The molecule has 0 radical (unpaired) electrons. The Morgan fingerprint density at radius 3 is 2.64 bits per heavy atom. The highest BCUT2D eigenvalue weighted by molar-refractivity contribution is 5.80. The number of allylic oxidation sites excluding steroid dienone is 1. The van der Waals surface area contributed by atoms with Crippen molar-refractivity contribution in [3.8, 4) is 0 Å². The first-order valence-corrected chi connectivity index (χ1v) is 5.81. The summed E-state index contributed by atoms with van der Waals surface area (Å²) < 4.78 is 0. The van der Waals surface area contributed by atoms with Crippen LogP contribution in [0.25, 0.3) is 0 Å². The second kappa shape index (κ2) is 3.88. The first-order chi connectivity index (χ1) is 6.65. The zero-order valence-electron chi connectivity index (χ0n) is 9.09. The van der Waals surface area contributed by atoms with Crippen molar-refractivity contribution in [3.05, 3.63) is 12.2 Å². The molecule has 2 aliphatic rings. The van der Waals surface area contributed by atoms with Crippen LogP contribution in [0.2, 0.25) is 0 Å². The van der Waals surface area contributed by atoms with E-state index >= 15 is 0 Å². The first kappa shape index (κ1) is 9.95. The molecule has 78 valence electrons. The van der Waals surface area contributed by atoms with E-state index in [9.17, 15) is 4.79 Å². The van der Waals surface area contributed by atoms with Crippen molar-refractivity contribution in [3.63, 3.8) is 0 Å². The lowest BCUT2D eigenvalue weighted by Crippen LogP contribution is -2.15. The summed E-state index contributed by atoms with van der Waals surface area (Å²) in [6, 6.07) is 0. The fraction of sp³-hybridized carbons (Fsp3) is 0.769. The monoisotopic (exact) mass is 192 g/mol. The fourth-order valence-corrected chi connectivity index (χ4v) is 3.33. The molecule has 2 fully saturated rings. The third-order valence-electron chi connectivity index (χ3n) is 3.87. The second-order valence-electron chi connectivity index (χ2n) is 5.31. The molecule has 0 saturated heterocycles. The maximum Gasteiger partial charge on any atom is 0.137 e. The van der Waals surface area contributed by atoms with E-state index in [-0.39, 0.29) is 0 Å². The quantitative estimate of drug-likeness (QED) is 0.624. The summed E-state index contributed by atoms with van der Waals surface area (Å²) in [5.74, 6) is 2.98. The molecule has 0 heterocycles. The fourth-order valence-electron chi connectivity index (χ4n) is 3.33. The van der Waals surface area contributed by atoms with Crippen LogP contribution in [0, 0.1) is 17.8 Å². The lowest BCUT2D eigenvalue weighted by Gasteiger charge is -2.20. The maximum atomic E-state index is 11.6. The van der Waals surface area contributed by atoms with Gasteiger partial charge in [0.25, 0.3) is 0 Å². The molecule has 2 aliphatic carbocycles. The normalized spacial score (nSPS) is 34.8. The smallest absolute Gasteiger partial charge is 0.137 e. The van der Waals surface area contributed by atoms with E-state index in [1.165, 1.54) is 25.7 Å². The van der Waals surface area contributed by atoms with Crippen molar-refractivity contribution in [2.24, 2.45) is 17.8 Å². The molecular formula is C13H20O. The van der Waals surface area contributed by atoms with Crippen LogP contribution in [0.5, 0.6) is 0 Å². The Morgan fingerprint density at radius 1 is 1.36 bits per heavy atom. The summed E-state index contributed by atoms with van der Waals surface area (Å²) in [6.07, 6.45) is 6.98. The Morgan fingerprint density at radius 2 is 2.14 bits per heavy atom. The second-order valence-corrected chi connectivity index (χ2v) is 5.31. The van der Waals surface area contributed by atoms with Gasteiger partial charge in [-0.25, -0.2) is 0 Å². The predicted octanol–water partition coefficient (Wildman–Crippen LogP) is 3.35. The van der Waals surface area contributed by atoms with Crippen LogP contribution in [-0.4, -0.2) is 5.78 Å². The maximum absolute atomic E-state index is 11.6. The van der Waals surface area contributed by atoms with Gasteiger partial charge < -0.3 is 0 Å². The summed E-state index contributed by atoms with van der Waals surface area (Å²) in [5.41, 5.74) is 1.01. The van der Waals surface area contributed by atoms with Crippen LogP contribution in [-0.2, 0) is 4.79 Å². The lowest BCUT2D eigenvalue weighted by atomic mass is 9.84. The van der Waals surface area contributed by atoms with Crippen molar-refractivity contribution in [1.29, 1.82) is 0 Å². The van der Waals surface area contributed by atoms with Crippen LogP contribution in [0.1, 0.15) is 45.4 Å². The van der Waals surface area contributed by atoms with Crippen LogP contribution < -0.4 is 0 Å². The first-order valence-electron chi connectivity index (χ1n) is 5.81. The highest BCUT2D eigenvalue weighted by Crippen LogP contribution is 2.49. The highest BCUT2D eigenvalue weighted by Gasteiger charge is 2.39. The summed E-state index contributed by atoms with van der Waals surface area (Å²) >= 11 is 0. The zero-order valence-corrected chi connectivity index (χ0v) is 9.09. The van der Waals surface area contributed by atoms with E-state index in [4.69, 9.17) is 0 Å². The van der Waals surface area contributed by atoms with Gasteiger partial charge in [0.2, 0.25) is 0 Å². The zero-order chi connectivity index (χ0) is 10.1. The number of carbonyl (C=O) groups is 1. The van der Waals surface area contributed by atoms with Crippen molar-refractivity contribution in [2.45, 2.75) is 45.4 Å². The molecule has 1 heteroatoms. The minimum Gasteiger partial charge on any atom is -0.299 e. The van der Waals surface area contributed by atoms with Crippen LogP contribution in [0.15, 0.2) is 12.2 Å². The summed E-state index contributed by atoms with van der Waals surface area (Å²) in [6.45, 7) is 5.74. The molecule has 0 N–H and O–H groups in total. The van der Waals surface area contributed by atoms with Crippen molar-refractivity contribution >= 4 is 5.78 Å². The number of Topliss-reactive ketones (excluding diaryl/α,β-unsaturated/α-hetero) is 1. The Bertz CT molecular complexity index is 254. The molecule has 0 amide bonds. The molecule has 2 saturated carbocycles. The molecule has 2 rings (SSSR count). The molecule has 1 nitrogen and oxygen atoms in total. The Labute approximate surface area is 86.6 Å². The molecule has 0 aromatic heterocycles.